The van der Waals surface area contributed by atoms with Crippen LogP contribution in [0.4, 0.5) is 5.69 Å². The van der Waals surface area contributed by atoms with Crippen LogP contribution in [0, 0.1) is 12.8 Å². The summed E-state index contributed by atoms with van der Waals surface area (Å²) in [6.07, 6.45) is 2.97. The highest BCUT2D eigenvalue weighted by atomic mass is 16.2. The van der Waals surface area contributed by atoms with Gasteiger partial charge in [-0.25, -0.2) is 0 Å². The molecule has 2 aromatic heterocycles. The summed E-state index contributed by atoms with van der Waals surface area (Å²) in [5.74, 6) is -0.248. The second-order valence-corrected chi connectivity index (χ2v) is 5.86. The normalized spacial score (nSPS) is 10.9. The molecule has 2 rings (SSSR count). The van der Waals surface area contributed by atoms with Crippen LogP contribution in [-0.2, 0) is 14.1 Å². The van der Waals surface area contributed by atoms with Gasteiger partial charge in [0.15, 0.2) is 0 Å². The van der Waals surface area contributed by atoms with Gasteiger partial charge < -0.3 is 10.6 Å². The summed E-state index contributed by atoms with van der Waals surface area (Å²) in [6, 6.07) is 0. The van der Waals surface area contributed by atoms with Crippen LogP contribution < -0.4 is 10.6 Å². The molecule has 8 nitrogen and oxygen atoms in total. The Kier molecular flexibility index (Phi) is 4.83. The molecule has 0 aliphatic carbocycles. The van der Waals surface area contributed by atoms with Crippen molar-refractivity contribution in [2.45, 2.75) is 20.8 Å². The predicted octanol–water partition coefficient (Wildman–Crippen LogP) is 1.10. The number of nitrogens with zero attached hydrogens (tertiary/aromatic N) is 4. The molecule has 2 amide bonds. The predicted molar refractivity (Wildman–Crippen MR) is 86.3 cm³/mol. The van der Waals surface area contributed by atoms with E-state index in [1.165, 1.54) is 17.1 Å². The molecule has 0 spiro atoms. The molecule has 2 N–H and O–H groups in total. The van der Waals surface area contributed by atoms with Gasteiger partial charge in [0.25, 0.3) is 11.8 Å². The fraction of sp³-hybridized carbons (Fsp3) is 0.467. The van der Waals surface area contributed by atoms with Gasteiger partial charge in [0.2, 0.25) is 0 Å². The van der Waals surface area contributed by atoms with E-state index in [2.05, 4.69) is 20.8 Å². The Hall–Kier alpha value is -2.64. The molecule has 0 fully saturated rings. The van der Waals surface area contributed by atoms with Gasteiger partial charge in [-0.3, -0.25) is 19.0 Å². The average molecular weight is 318 g/mol. The van der Waals surface area contributed by atoms with E-state index in [0.717, 1.165) is 5.69 Å². The number of hydrogen-bond donors (Lipinski definition) is 2. The van der Waals surface area contributed by atoms with Crippen molar-refractivity contribution in [2.75, 3.05) is 11.9 Å². The molecular weight excluding hydrogens is 296 g/mol. The average Bonchev–Trinajstić information content (AvgIpc) is 3.00. The van der Waals surface area contributed by atoms with Gasteiger partial charge in [-0.15, -0.1) is 0 Å². The molecule has 2 heterocycles. The lowest BCUT2D eigenvalue weighted by Gasteiger charge is -2.10. The van der Waals surface area contributed by atoms with E-state index in [1.54, 1.807) is 25.7 Å². The topological polar surface area (TPSA) is 93.8 Å². The summed E-state index contributed by atoms with van der Waals surface area (Å²) >= 11 is 0. The summed E-state index contributed by atoms with van der Waals surface area (Å²) in [4.78, 5) is 24.7. The Balaban J connectivity index is 2.19. The van der Waals surface area contributed by atoms with Crippen LogP contribution >= 0.6 is 0 Å². The summed E-state index contributed by atoms with van der Waals surface area (Å²) < 4.78 is 3.07. The van der Waals surface area contributed by atoms with Gasteiger partial charge in [-0.2, -0.15) is 10.2 Å². The molecule has 8 heteroatoms. The van der Waals surface area contributed by atoms with Gasteiger partial charge in [0.05, 0.1) is 23.6 Å². The minimum Gasteiger partial charge on any atom is -0.350 e. The Morgan fingerprint density at radius 3 is 2.35 bits per heavy atom. The highest BCUT2D eigenvalue weighted by Crippen LogP contribution is 2.16. The minimum atomic E-state index is -0.318. The molecule has 0 saturated carbocycles. The number of carbonyl (C=O) groups is 2. The lowest BCUT2D eigenvalue weighted by atomic mass is 10.2. The van der Waals surface area contributed by atoms with Crippen LogP contribution in [0.3, 0.4) is 0 Å². The van der Waals surface area contributed by atoms with E-state index in [9.17, 15) is 9.59 Å². The number of amides is 2. The van der Waals surface area contributed by atoms with E-state index in [0.29, 0.717) is 29.4 Å². The van der Waals surface area contributed by atoms with Crippen LogP contribution in [0.5, 0.6) is 0 Å². The molecule has 0 unspecified atom stereocenters. The van der Waals surface area contributed by atoms with Gasteiger partial charge in [0, 0.05) is 26.3 Å². The standard InChI is InChI=1S/C15H22N6O2/c1-9(2)6-16-15(23)13-12(8-18-21(13)5)19-14(22)11-7-17-20(4)10(11)3/h7-9H,6H2,1-5H3,(H,16,23)(H,19,22). The Labute approximate surface area is 134 Å². The molecule has 2 aromatic rings. The molecule has 0 radical (unpaired) electrons. The lowest BCUT2D eigenvalue weighted by molar-refractivity contribution is 0.0940. The van der Waals surface area contributed by atoms with Crippen LogP contribution in [0.25, 0.3) is 0 Å². The van der Waals surface area contributed by atoms with Crippen molar-refractivity contribution >= 4 is 17.5 Å². The number of hydrogen-bond acceptors (Lipinski definition) is 4. The van der Waals surface area contributed by atoms with Crippen LogP contribution in [-0.4, -0.2) is 37.9 Å². The van der Waals surface area contributed by atoms with Crippen molar-refractivity contribution in [2.24, 2.45) is 20.0 Å². The first-order chi connectivity index (χ1) is 10.8. The van der Waals surface area contributed by atoms with Gasteiger partial charge >= 0.3 is 0 Å². The number of aromatic nitrogens is 4. The summed E-state index contributed by atoms with van der Waals surface area (Å²) in [5, 5.41) is 13.7. The number of anilines is 1. The fourth-order valence-corrected chi connectivity index (χ4v) is 2.09. The number of aryl methyl sites for hydroxylation is 2. The largest absolute Gasteiger partial charge is 0.350 e. The summed E-state index contributed by atoms with van der Waals surface area (Å²) in [6.45, 7) is 6.38. The van der Waals surface area contributed by atoms with E-state index >= 15 is 0 Å². The van der Waals surface area contributed by atoms with Crippen LogP contribution in [0.2, 0.25) is 0 Å². The third-order valence-corrected chi connectivity index (χ3v) is 3.55. The number of carbonyl (C=O) groups excluding carboxylic acids is 2. The summed E-state index contributed by atoms with van der Waals surface area (Å²) in [7, 11) is 3.43. The molecule has 0 bridgehead atoms. The number of rotatable bonds is 5. The zero-order chi connectivity index (χ0) is 17.1. The third-order valence-electron chi connectivity index (χ3n) is 3.55. The molecule has 23 heavy (non-hydrogen) atoms. The highest BCUT2D eigenvalue weighted by molar-refractivity contribution is 6.08. The van der Waals surface area contributed by atoms with E-state index in [4.69, 9.17) is 0 Å². The van der Waals surface area contributed by atoms with Gasteiger partial charge in [0.1, 0.15) is 5.69 Å². The maximum Gasteiger partial charge on any atom is 0.271 e. The first kappa shape index (κ1) is 16.7. The maximum atomic E-state index is 12.4. The van der Waals surface area contributed by atoms with Crippen LogP contribution in [0.15, 0.2) is 12.4 Å². The van der Waals surface area contributed by atoms with Gasteiger partial charge in [-0.1, -0.05) is 13.8 Å². The third kappa shape index (κ3) is 3.58. The van der Waals surface area contributed by atoms with Crippen molar-refractivity contribution in [3.8, 4) is 0 Å². The zero-order valence-corrected chi connectivity index (χ0v) is 14.0. The SMILES string of the molecule is Cc1c(C(=O)Nc2cnn(C)c2C(=O)NCC(C)C)cnn1C. The monoisotopic (exact) mass is 318 g/mol. The molecule has 0 aliphatic rings. The van der Waals surface area contributed by atoms with Crippen molar-refractivity contribution < 1.29 is 9.59 Å². The van der Waals surface area contributed by atoms with E-state index < -0.39 is 0 Å². The Morgan fingerprint density at radius 1 is 1.13 bits per heavy atom. The quantitative estimate of drug-likeness (QED) is 0.863. The highest BCUT2D eigenvalue weighted by Gasteiger charge is 2.20. The second kappa shape index (κ2) is 6.64. The molecular formula is C15H22N6O2. The first-order valence-corrected chi connectivity index (χ1v) is 7.41. The molecule has 124 valence electrons. The van der Waals surface area contributed by atoms with E-state index in [-0.39, 0.29) is 11.8 Å². The summed E-state index contributed by atoms with van der Waals surface area (Å²) in [5.41, 5.74) is 1.91. The minimum absolute atomic E-state index is 0.267. The smallest absolute Gasteiger partial charge is 0.271 e. The van der Waals surface area contributed by atoms with Gasteiger partial charge in [-0.05, 0) is 12.8 Å². The van der Waals surface area contributed by atoms with Crippen LogP contribution in [0.1, 0.15) is 40.4 Å². The van der Waals surface area contributed by atoms with Crippen molar-refractivity contribution in [1.29, 1.82) is 0 Å². The molecule has 0 aliphatic heterocycles. The molecule has 0 saturated heterocycles. The molecule has 0 aromatic carbocycles. The second-order valence-electron chi connectivity index (χ2n) is 5.86. The fourth-order valence-electron chi connectivity index (χ4n) is 2.09. The lowest BCUT2D eigenvalue weighted by Crippen LogP contribution is -2.30. The number of nitrogens with one attached hydrogen (secondary N) is 2. The van der Waals surface area contributed by atoms with Crippen molar-refractivity contribution in [3.05, 3.63) is 29.3 Å². The maximum absolute atomic E-state index is 12.4. The van der Waals surface area contributed by atoms with Crippen molar-refractivity contribution in [3.63, 3.8) is 0 Å². The van der Waals surface area contributed by atoms with E-state index in [1.807, 2.05) is 13.8 Å². The van der Waals surface area contributed by atoms with Crippen molar-refractivity contribution in [1.82, 2.24) is 24.9 Å². The Bertz CT molecular complexity index is 728. The Morgan fingerprint density at radius 2 is 1.78 bits per heavy atom. The first-order valence-electron chi connectivity index (χ1n) is 7.41. The molecule has 0 atom stereocenters. The zero-order valence-electron chi connectivity index (χ0n) is 14.0.